The van der Waals surface area contributed by atoms with E-state index in [1.165, 1.54) is 0 Å². The van der Waals surface area contributed by atoms with Crippen LogP contribution < -0.4 is 4.74 Å². The molecule has 0 aromatic heterocycles. The van der Waals surface area contributed by atoms with Gasteiger partial charge in [0, 0.05) is 0 Å². The zero-order chi connectivity index (χ0) is 9.68. The summed E-state index contributed by atoms with van der Waals surface area (Å²) in [5.41, 5.74) is 1.12. The molecule has 0 aliphatic rings. The molecule has 1 aromatic rings. The number of carbonyl (C=O) groups excluding carboxylic acids is 1. The molecule has 0 N–H and O–H groups in total. The number of ether oxygens (including phenoxy) is 1. The highest BCUT2D eigenvalue weighted by Crippen LogP contribution is 2.25. The third kappa shape index (κ3) is 2.58. The quantitative estimate of drug-likeness (QED) is 0.705. The van der Waals surface area contributed by atoms with E-state index in [4.69, 9.17) is 4.74 Å². The number of para-hydroxylation sites is 1. The molecule has 0 atom stereocenters. The number of hydrogen-bond donors (Lipinski definition) is 0. The van der Waals surface area contributed by atoms with E-state index >= 15 is 0 Å². The highest BCUT2D eigenvalue weighted by Gasteiger charge is 2.05. The van der Waals surface area contributed by atoms with E-state index in [1.54, 1.807) is 6.29 Å². The van der Waals surface area contributed by atoms with E-state index in [0.29, 0.717) is 5.92 Å². The van der Waals surface area contributed by atoms with Gasteiger partial charge in [-0.1, -0.05) is 32.0 Å². The fraction of sp³-hybridized carbons (Fsp3) is 0.364. The molecule has 0 saturated heterocycles. The molecular weight excluding hydrogens is 164 g/mol. The van der Waals surface area contributed by atoms with E-state index in [9.17, 15) is 4.79 Å². The molecule has 0 amide bonds. The third-order valence-corrected chi connectivity index (χ3v) is 1.83. The highest BCUT2D eigenvalue weighted by molar-refractivity contribution is 5.52. The predicted molar refractivity (Wildman–Crippen MR) is 51.7 cm³/mol. The van der Waals surface area contributed by atoms with Crippen molar-refractivity contribution in [2.45, 2.75) is 19.8 Å². The molecule has 0 heterocycles. The van der Waals surface area contributed by atoms with Gasteiger partial charge in [-0.2, -0.15) is 0 Å². The smallest absolute Gasteiger partial charge is 0.239 e. The summed E-state index contributed by atoms with van der Waals surface area (Å²) in [6.45, 7) is 4.18. The van der Waals surface area contributed by atoms with Gasteiger partial charge in [0.2, 0.25) is 6.29 Å². The summed E-state index contributed by atoms with van der Waals surface area (Å²) in [7, 11) is 0. The van der Waals surface area contributed by atoms with Crippen molar-refractivity contribution < 1.29 is 9.53 Å². The first-order valence-corrected chi connectivity index (χ1v) is 4.32. The third-order valence-electron chi connectivity index (χ3n) is 1.83. The van der Waals surface area contributed by atoms with Gasteiger partial charge in [0.1, 0.15) is 5.75 Å². The minimum atomic E-state index is 0.00370. The zero-order valence-electron chi connectivity index (χ0n) is 7.91. The molecule has 13 heavy (non-hydrogen) atoms. The molecule has 69 valence electrons. The molecule has 0 fully saturated rings. The van der Waals surface area contributed by atoms with Crippen molar-refractivity contribution in [1.82, 2.24) is 0 Å². The van der Waals surface area contributed by atoms with Gasteiger partial charge in [-0.15, -0.1) is 0 Å². The molecule has 0 aliphatic heterocycles. The molecule has 2 heteroatoms. The average Bonchev–Trinajstić information content (AvgIpc) is 2.15. The molecule has 0 bridgehead atoms. The lowest BCUT2D eigenvalue weighted by Gasteiger charge is -2.11. The fourth-order valence-corrected chi connectivity index (χ4v) is 1.20. The minimum absolute atomic E-state index is 0.00370. The second-order valence-electron chi connectivity index (χ2n) is 3.13. The maximum Gasteiger partial charge on any atom is 0.239 e. The van der Waals surface area contributed by atoms with E-state index < -0.39 is 0 Å². The molecule has 1 aromatic carbocycles. The Hall–Kier alpha value is -1.31. The van der Waals surface area contributed by atoms with E-state index in [2.05, 4.69) is 13.8 Å². The Labute approximate surface area is 78.5 Å². The monoisotopic (exact) mass is 177 g/mol. The summed E-state index contributed by atoms with van der Waals surface area (Å²) < 4.78 is 5.22. The lowest BCUT2D eigenvalue weighted by molar-refractivity contribution is 0.359. The van der Waals surface area contributed by atoms with Crippen LogP contribution in [0.3, 0.4) is 0 Å². The zero-order valence-corrected chi connectivity index (χ0v) is 7.91. The van der Waals surface area contributed by atoms with Crippen LogP contribution in [0.4, 0.5) is 0 Å². The first kappa shape index (κ1) is 9.78. The first-order chi connectivity index (χ1) is 6.25. The molecule has 1 radical (unpaired) electrons. The van der Waals surface area contributed by atoms with Crippen molar-refractivity contribution in [2.24, 2.45) is 0 Å². The Morgan fingerprint density at radius 1 is 1.38 bits per heavy atom. The van der Waals surface area contributed by atoms with Gasteiger partial charge in [0.15, 0.2) is 6.61 Å². The van der Waals surface area contributed by atoms with Gasteiger partial charge in [-0.3, -0.25) is 4.79 Å². The Morgan fingerprint density at radius 3 is 2.69 bits per heavy atom. The van der Waals surface area contributed by atoms with Crippen LogP contribution in [0.2, 0.25) is 0 Å². The van der Waals surface area contributed by atoms with Gasteiger partial charge in [-0.25, -0.2) is 0 Å². The van der Waals surface area contributed by atoms with Crippen LogP contribution in [-0.2, 0) is 4.79 Å². The van der Waals surface area contributed by atoms with Crippen LogP contribution in [0.15, 0.2) is 24.3 Å². The average molecular weight is 177 g/mol. The number of benzene rings is 1. The summed E-state index contributed by atoms with van der Waals surface area (Å²) in [6.07, 6.45) is 1.71. The maximum absolute atomic E-state index is 10.0. The molecule has 0 spiro atoms. The fourth-order valence-electron chi connectivity index (χ4n) is 1.20. The lowest BCUT2D eigenvalue weighted by atomic mass is 10.0. The SMILES string of the molecule is CC(C)c1ccccc1OC[C]=O. The second kappa shape index (κ2) is 4.65. The topological polar surface area (TPSA) is 26.3 Å². The van der Waals surface area contributed by atoms with Crippen molar-refractivity contribution in [2.75, 3.05) is 6.61 Å². The Balaban J connectivity index is 2.84. The van der Waals surface area contributed by atoms with Gasteiger partial charge in [0.25, 0.3) is 0 Å². The van der Waals surface area contributed by atoms with Crippen LogP contribution in [0.5, 0.6) is 5.75 Å². The molecule has 2 nitrogen and oxygen atoms in total. The normalized spacial score (nSPS) is 10.1. The largest absolute Gasteiger partial charge is 0.485 e. The second-order valence-corrected chi connectivity index (χ2v) is 3.13. The van der Waals surface area contributed by atoms with Crippen LogP contribution in [-0.4, -0.2) is 12.9 Å². The van der Waals surface area contributed by atoms with E-state index in [-0.39, 0.29) is 6.61 Å². The minimum Gasteiger partial charge on any atom is -0.485 e. The predicted octanol–water partition coefficient (Wildman–Crippen LogP) is 2.30. The Morgan fingerprint density at radius 2 is 2.08 bits per heavy atom. The number of rotatable bonds is 4. The molecule has 0 aliphatic carbocycles. The lowest BCUT2D eigenvalue weighted by Crippen LogP contribution is -2.01. The summed E-state index contributed by atoms with van der Waals surface area (Å²) in [5.74, 6) is 1.18. The summed E-state index contributed by atoms with van der Waals surface area (Å²) in [5, 5.41) is 0. The highest BCUT2D eigenvalue weighted by atomic mass is 16.5. The number of hydrogen-bond acceptors (Lipinski definition) is 2. The van der Waals surface area contributed by atoms with Gasteiger partial charge in [-0.05, 0) is 17.5 Å². The van der Waals surface area contributed by atoms with Gasteiger partial charge in [0.05, 0.1) is 0 Å². The van der Waals surface area contributed by atoms with Gasteiger partial charge >= 0.3 is 0 Å². The standard InChI is InChI=1S/C11H13O2/c1-9(2)10-5-3-4-6-11(10)13-8-7-12/h3-6,9H,8H2,1-2H3. The summed E-state index contributed by atoms with van der Waals surface area (Å²) in [4.78, 5) is 10.0. The van der Waals surface area contributed by atoms with Crippen LogP contribution in [0, 0.1) is 0 Å². The molecule has 0 saturated carbocycles. The van der Waals surface area contributed by atoms with Crippen LogP contribution in [0.25, 0.3) is 0 Å². The van der Waals surface area contributed by atoms with Crippen molar-refractivity contribution >= 4 is 6.29 Å². The van der Waals surface area contributed by atoms with E-state index in [0.717, 1.165) is 11.3 Å². The Bertz CT molecular complexity index is 279. The van der Waals surface area contributed by atoms with Crippen molar-refractivity contribution in [3.05, 3.63) is 29.8 Å². The molecule has 0 unspecified atom stereocenters. The maximum atomic E-state index is 10.0. The van der Waals surface area contributed by atoms with Crippen molar-refractivity contribution in [3.63, 3.8) is 0 Å². The van der Waals surface area contributed by atoms with Crippen molar-refractivity contribution in [1.29, 1.82) is 0 Å². The van der Waals surface area contributed by atoms with Crippen LogP contribution >= 0.6 is 0 Å². The molecular formula is C11H13O2. The van der Waals surface area contributed by atoms with Crippen LogP contribution in [0.1, 0.15) is 25.3 Å². The summed E-state index contributed by atoms with van der Waals surface area (Å²) >= 11 is 0. The van der Waals surface area contributed by atoms with Crippen molar-refractivity contribution in [3.8, 4) is 5.75 Å². The molecule has 1 rings (SSSR count). The van der Waals surface area contributed by atoms with Gasteiger partial charge < -0.3 is 4.74 Å². The van der Waals surface area contributed by atoms with E-state index in [1.807, 2.05) is 24.3 Å². The Kier molecular flexibility index (Phi) is 3.50. The first-order valence-electron chi connectivity index (χ1n) is 4.32. The summed E-state index contributed by atoms with van der Waals surface area (Å²) in [6, 6.07) is 7.73.